The molecule has 89 heavy (non-hydrogen) atoms. The van der Waals surface area contributed by atoms with Gasteiger partial charge in [-0.3, -0.25) is 9.59 Å². The van der Waals surface area contributed by atoms with Gasteiger partial charge in [-0.15, -0.1) is 0 Å². The second-order valence-electron chi connectivity index (χ2n) is 28.5. The van der Waals surface area contributed by atoms with Gasteiger partial charge in [-0.1, -0.05) is 404 Å². The molecule has 2 atom stereocenters. The summed E-state index contributed by atoms with van der Waals surface area (Å²) in [5.41, 5.74) is 0. The largest absolute Gasteiger partial charge is 0.466 e. The minimum absolute atomic E-state index is 0.0165. The highest BCUT2D eigenvalue weighted by Crippen LogP contribution is 2.20. The number of amides is 1. The Bertz CT molecular complexity index is 1400. The zero-order valence-electron chi connectivity index (χ0n) is 60.7. The Balaban J connectivity index is 3.35. The van der Waals surface area contributed by atoms with Crippen molar-refractivity contribution in [2.75, 3.05) is 13.2 Å². The second kappa shape index (κ2) is 78.8. The van der Waals surface area contributed by atoms with Crippen molar-refractivity contribution in [2.45, 2.75) is 482 Å². The monoisotopic (exact) mass is 1250 g/mol. The molecule has 0 saturated carbocycles. The molecule has 6 nitrogen and oxygen atoms in total. The molecular formula is C83H161NO5. The van der Waals surface area contributed by atoms with Crippen LogP contribution >= 0.6 is 0 Å². The molecule has 0 heterocycles. The molecule has 0 fully saturated rings. The molecule has 0 aliphatic carbocycles. The van der Waals surface area contributed by atoms with Crippen LogP contribution in [-0.4, -0.2) is 47.4 Å². The molecule has 528 valence electrons. The van der Waals surface area contributed by atoms with E-state index < -0.39 is 12.1 Å². The lowest BCUT2D eigenvalue weighted by atomic mass is 10.0. The molecule has 0 spiro atoms. The van der Waals surface area contributed by atoms with Crippen LogP contribution in [0.3, 0.4) is 0 Å². The molecule has 0 aromatic carbocycles. The minimum atomic E-state index is -0.664. The Morgan fingerprint density at radius 2 is 0.528 bits per heavy atom. The lowest BCUT2D eigenvalue weighted by Gasteiger charge is -2.22. The quantitative estimate of drug-likeness (QED) is 0.0320. The van der Waals surface area contributed by atoms with E-state index in [0.29, 0.717) is 25.9 Å². The van der Waals surface area contributed by atoms with Gasteiger partial charge in [-0.05, 0) is 77.0 Å². The molecule has 0 saturated heterocycles. The van der Waals surface area contributed by atoms with E-state index in [1.807, 2.05) is 0 Å². The van der Waals surface area contributed by atoms with Gasteiger partial charge in [0.2, 0.25) is 5.91 Å². The Morgan fingerprint density at radius 1 is 0.303 bits per heavy atom. The van der Waals surface area contributed by atoms with Crippen molar-refractivity contribution in [1.82, 2.24) is 5.32 Å². The smallest absolute Gasteiger partial charge is 0.305 e. The summed E-state index contributed by atoms with van der Waals surface area (Å²) < 4.78 is 5.51. The molecule has 3 N–H and O–H groups in total. The van der Waals surface area contributed by atoms with E-state index in [0.717, 1.165) is 44.9 Å². The highest BCUT2D eigenvalue weighted by molar-refractivity contribution is 5.76. The number of esters is 1. The molecule has 0 bridgehead atoms. The van der Waals surface area contributed by atoms with Crippen molar-refractivity contribution in [1.29, 1.82) is 0 Å². The fraction of sp³-hybridized carbons (Fsp3) is 0.928. The first-order valence-corrected chi connectivity index (χ1v) is 41.1. The molecule has 2 unspecified atom stereocenters. The Morgan fingerprint density at radius 3 is 0.798 bits per heavy atom. The molecular weight excluding hydrogens is 1090 g/mol. The van der Waals surface area contributed by atoms with E-state index in [1.165, 1.54) is 392 Å². The maximum Gasteiger partial charge on any atom is 0.305 e. The number of ether oxygens (including phenoxy) is 1. The third kappa shape index (κ3) is 75.3. The average Bonchev–Trinajstić information content (AvgIpc) is 3.54. The van der Waals surface area contributed by atoms with Gasteiger partial charge in [-0.25, -0.2) is 0 Å². The molecule has 0 aliphatic heterocycles. The van der Waals surface area contributed by atoms with Gasteiger partial charge in [0.25, 0.3) is 0 Å². The Labute approximate surface area is 558 Å². The number of carbonyl (C=O) groups is 2. The van der Waals surface area contributed by atoms with E-state index in [2.05, 4.69) is 43.5 Å². The zero-order chi connectivity index (χ0) is 64.2. The molecule has 0 radical (unpaired) electrons. The van der Waals surface area contributed by atoms with Crippen LogP contribution in [0.5, 0.6) is 0 Å². The number of aliphatic hydroxyl groups is 2. The molecule has 0 rings (SSSR count). The Kier molecular flexibility index (Phi) is 77.3. The topological polar surface area (TPSA) is 95.9 Å². The van der Waals surface area contributed by atoms with Crippen LogP contribution < -0.4 is 5.32 Å². The van der Waals surface area contributed by atoms with Crippen LogP contribution in [0.4, 0.5) is 0 Å². The molecule has 6 heteroatoms. The lowest BCUT2D eigenvalue weighted by molar-refractivity contribution is -0.143. The van der Waals surface area contributed by atoms with Crippen molar-refractivity contribution < 1.29 is 24.5 Å². The molecule has 1 amide bonds. The number of allylic oxidation sites excluding steroid dienone is 4. The summed E-state index contributed by atoms with van der Waals surface area (Å²) in [4.78, 5) is 24.7. The van der Waals surface area contributed by atoms with Crippen molar-refractivity contribution in [3.8, 4) is 0 Å². The van der Waals surface area contributed by atoms with Gasteiger partial charge < -0.3 is 20.3 Å². The van der Waals surface area contributed by atoms with Crippen molar-refractivity contribution in [3.05, 3.63) is 24.3 Å². The predicted molar refractivity (Wildman–Crippen MR) is 393 cm³/mol. The first-order valence-electron chi connectivity index (χ1n) is 41.1. The van der Waals surface area contributed by atoms with Crippen LogP contribution in [0.1, 0.15) is 470 Å². The zero-order valence-corrected chi connectivity index (χ0v) is 60.7. The highest BCUT2D eigenvalue weighted by Gasteiger charge is 2.20. The fourth-order valence-electron chi connectivity index (χ4n) is 13.2. The second-order valence-corrected chi connectivity index (χ2v) is 28.5. The maximum atomic E-state index is 12.6. The van der Waals surface area contributed by atoms with E-state index in [-0.39, 0.29) is 18.5 Å². The number of hydrogen-bond acceptors (Lipinski definition) is 5. The van der Waals surface area contributed by atoms with E-state index >= 15 is 0 Å². The van der Waals surface area contributed by atoms with Crippen LogP contribution in [0.25, 0.3) is 0 Å². The summed E-state index contributed by atoms with van der Waals surface area (Å²) in [5, 5.41) is 23.5. The number of carbonyl (C=O) groups excluding carboxylic acids is 2. The van der Waals surface area contributed by atoms with Crippen molar-refractivity contribution in [3.63, 3.8) is 0 Å². The first-order chi connectivity index (χ1) is 44.0. The lowest BCUT2D eigenvalue weighted by Crippen LogP contribution is -2.45. The van der Waals surface area contributed by atoms with Gasteiger partial charge in [0.1, 0.15) is 0 Å². The van der Waals surface area contributed by atoms with Crippen LogP contribution in [-0.2, 0) is 14.3 Å². The van der Waals surface area contributed by atoms with Crippen LogP contribution in [0.2, 0.25) is 0 Å². The van der Waals surface area contributed by atoms with Gasteiger partial charge >= 0.3 is 5.97 Å². The normalized spacial score (nSPS) is 12.5. The SMILES string of the molecule is CCCCCCCCC/C=C\CCCCCCCCCC(=O)OCCCCCCCCCCCCCC/C=C\CCCCCCCCCCCCCCCCCCC(=O)NC(CO)C(O)CCCCCCCCCCCCCCCCCCCCCCCC. The highest BCUT2D eigenvalue weighted by atomic mass is 16.5. The van der Waals surface area contributed by atoms with Gasteiger partial charge in [-0.2, -0.15) is 0 Å². The molecule has 0 aromatic heterocycles. The summed E-state index contributed by atoms with van der Waals surface area (Å²) in [7, 11) is 0. The molecule has 0 aliphatic rings. The summed E-state index contributed by atoms with van der Waals surface area (Å²) in [6, 6.07) is -0.541. The maximum absolute atomic E-state index is 12.6. The predicted octanol–water partition coefficient (Wildman–Crippen LogP) is 27.2. The summed E-state index contributed by atoms with van der Waals surface area (Å²) >= 11 is 0. The summed E-state index contributed by atoms with van der Waals surface area (Å²) in [6.07, 6.45) is 101. The van der Waals surface area contributed by atoms with Crippen LogP contribution in [0.15, 0.2) is 24.3 Å². The number of unbranched alkanes of at least 4 members (excludes halogenated alkanes) is 63. The third-order valence-corrected chi connectivity index (χ3v) is 19.5. The van der Waals surface area contributed by atoms with Gasteiger partial charge in [0.15, 0.2) is 0 Å². The van der Waals surface area contributed by atoms with E-state index in [9.17, 15) is 19.8 Å². The standard InChI is InChI=1S/C83H161NO5/c1-3-5-7-9-11-13-15-17-19-21-23-24-37-40-43-47-51-55-59-63-67-71-75-81(86)80(79-85)84-82(87)76-72-68-64-60-56-52-48-44-41-38-35-33-31-29-27-25-26-28-30-32-34-36-39-42-46-50-54-58-62-66-70-74-78-89-83(88)77-73-69-65-61-57-53-49-45-22-20-18-16-14-12-10-8-6-4-2/h20,22,28,30,80-81,85-86H,3-19,21,23-27,29,31-79H2,1-2H3,(H,84,87)/b22-20-,30-28-. The Hall–Kier alpha value is -1.66. The number of aliphatic hydroxyl groups excluding tert-OH is 2. The fourth-order valence-corrected chi connectivity index (χ4v) is 13.2. The third-order valence-electron chi connectivity index (χ3n) is 19.5. The average molecular weight is 1250 g/mol. The van der Waals surface area contributed by atoms with E-state index in [1.54, 1.807) is 0 Å². The van der Waals surface area contributed by atoms with Crippen molar-refractivity contribution >= 4 is 11.9 Å². The van der Waals surface area contributed by atoms with Crippen molar-refractivity contribution in [2.24, 2.45) is 0 Å². The number of hydrogen-bond donors (Lipinski definition) is 3. The van der Waals surface area contributed by atoms with E-state index in [4.69, 9.17) is 4.74 Å². The summed E-state index contributed by atoms with van der Waals surface area (Å²) in [5.74, 6) is -0.0102. The van der Waals surface area contributed by atoms with Gasteiger partial charge in [0.05, 0.1) is 25.4 Å². The summed E-state index contributed by atoms with van der Waals surface area (Å²) in [6.45, 7) is 5.01. The van der Waals surface area contributed by atoms with Crippen LogP contribution in [0, 0.1) is 0 Å². The molecule has 0 aromatic rings. The minimum Gasteiger partial charge on any atom is -0.466 e. The number of nitrogens with one attached hydrogen (secondary N) is 1. The van der Waals surface area contributed by atoms with Gasteiger partial charge in [0, 0.05) is 12.8 Å². The number of rotatable bonds is 78. The first kappa shape index (κ1) is 87.3.